The van der Waals surface area contributed by atoms with Crippen LogP contribution < -0.4 is 15.6 Å². The Balaban J connectivity index is 1.69. The Bertz CT molecular complexity index is 1160. The Labute approximate surface area is 180 Å². The van der Waals surface area contributed by atoms with Crippen molar-refractivity contribution in [3.05, 3.63) is 64.4 Å². The van der Waals surface area contributed by atoms with Crippen molar-refractivity contribution in [3.63, 3.8) is 0 Å². The van der Waals surface area contributed by atoms with E-state index in [-0.39, 0.29) is 28.7 Å². The maximum Gasteiger partial charge on any atom is 0.387 e. The van der Waals surface area contributed by atoms with Crippen LogP contribution >= 0.6 is 11.8 Å². The number of carbonyl (C=O) groups is 2. The van der Waals surface area contributed by atoms with Gasteiger partial charge in [-0.05, 0) is 50.2 Å². The zero-order valence-electron chi connectivity index (χ0n) is 16.7. The summed E-state index contributed by atoms with van der Waals surface area (Å²) in [5, 5.41) is 3.08. The average molecular weight is 447 g/mol. The largest absolute Gasteiger partial charge is 0.435 e. The molecular weight excluding hydrogens is 428 g/mol. The Hall–Kier alpha value is -3.27. The lowest BCUT2D eigenvalue weighted by Gasteiger charge is -2.16. The molecular formula is C21H19F2N3O4S. The van der Waals surface area contributed by atoms with Gasteiger partial charge in [-0.3, -0.25) is 24.3 Å². The second kappa shape index (κ2) is 9.69. The van der Waals surface area contributed by atoms with E-state index in [0.717, 1.165) is 11.8 Å². The number of hydrogen-bond donors (Lipinski definition) is 1. The monoisotopic (exact) mass is 447 g/mol. The summed E-state index contributed by atoms with van der Waals surface area (Å²) in [4.78, 5) is 41.7. The number of para-hydroxylation sites is 1. The Morgan fingerprint density at radius 1 is 1.13 bits per heavy atom. The van der Waals surface area contributed by atoms with Crippen LogP contribution in [0.25, 0.3) is 10.9 Å². The van der Waals surface area contributed by atoms with Gasteiger partial charge in [-0.2, -0.15) is 8.78 Å². The van der Waals surface area contributed by atoms with Crippen LogP contribution in [0.1, 0.15) is 30.2 Å². The van der Waals surface area contributed by atoms with Gasteiger partial charge < -0.3 is 4.74 Å². The third-order valence-electron chi connectivity index (χ3n) is 4.22. The van der Waals surface area contributed by atoms with Crippen molar-refractivity contribution < 1.29 is 23.1 Å². The van der Waals surface area contributed by atoms with E-state index in [0.29, 0.717) is 16.1 Å². The van der Waals surface area contributed by atoms with Gasteiger partial charge in [0.2, 0.25) is 5.91 Å². The van der Waals surface area contributed by atoms with Crippen LogP contribution in [-0.4, -0.2) is 33.7 Å². The summed E-state index contributed by atoms with van der Waals surface area (Å²) in [7, 11) is 0. The topological polar surface area (TPSA) is 90.3 Å². The summed E-state index contributed by atoms with van der Waals surface area (Å²) < 4.78 is 30.1. The van der Waals surface area contributed by atoms with Gasteiger partial charge in [0.1, 0.15) is 5.75 Å². The summed E-state index contributed by atoms with van der Waals surface area (Å²) in [6, 6.07) is 11.7. The van der Waals surface area contributed by atoms with E-state index in [1.165, 1.54) is 28.8 Å². The zero-order chi connectivity index (χ0) is 22.5. The molecule has 1 aromatic heterocycles. The van der Waals surface area contributed by atoms with Crippen molar-refractivity contribution in [1.29, 1.82) is 0 Å². The van der Waals surface area contributed by atoms with Crippen LogP contribution in [0.2, 0.25) is 0 Å². The van der Waals surface area contributed by atoms with E-state index >= 15 is 0 Å². The summed E-state index contributed by atoms with van der Waals surface area (Å²) in [6.45, 7) is 0.713. The summed E-state index contributed by atoms with van der Waals surface area (Å²) in [5.41, 5.74) is 0.433. The first kappa shape index (κ1) is 22.4. The number of fused-ring (bicyclic) bond motifs is 1. The molecule has 0 saturated heterocycles. The van der Waals surface area contributed by atoms with E-state index in [1.54, 1.807) is 24.3 Å². The third kappa shape index (κ3) is 5.46. The molecule has 3 rings (SSSR count). The number of nitrogens with zero attached hydrogens (tertiary/aromatic N) is 2. The number of rotatable bonds is 7. The number of alkyl halides is 2. The molecule has 0 spiro atoms. The average Bonchev–Trinajstić information content (AvgIpc) is 2.72. The number of benzene rings is 2. The number of amides is 2. The van der Waals surface area contributed by atoms with Gasteiger partial charge in [-0.25, -0.2) is 4.98 Å². The van der Waals surface area contributed by atoms with Gasteiger partial charge in [-0.15, -0.1) is 0 Å². The predicted octanol–water partition coefficient (Wildman–Crippen LogP) is 3.63. The maximum atomic E-state index is 12.8. The second-order valence-electron chi connectivity index (χ2n) is 6.75. The van der Waals surface area contributed by atoms with Crippen molar-refractivity contribution in [2.24, 2.45) is 0 Å². The highest BCUT2D eigenvalue weighted by molar-refractivity contribution is 7.99. The minimum Gasteiger partial charge on any atom is -0.435 e. The van der Waals surface area contributed by atoms with Gasteiger partial charge in [0.15, 0.2) is 5.16 Å². The smallest absolute Gasteiger partial charge is 0.387 e. The fourth-order valence-corrected chi connectivity index (χ4v) is 3.76. The first-order chi connectivity index (χ1) is 14.8. The standard InChI is InChI=1S/C21H19F2N3O4S/c1-12(2)26-19(29)15-5-3-4-6-16(15)24-21(26)31-11-17(27)25-18(28)13-7-9-14(10-8-13)30-20(22)23/h3-10,12,20H,11H2,1-2H3,(H,25,27,28). The summed E-state index contributed by atoms with van der Waals surface area (Å²) in [5.74, 6) is -1.50. The lowest BCUT2D eigenvalue weighted by molar-refractivity contribution is -0.117. The molecule has 1 N–H and O–H groups in total. The van der Waals surface area contributed by atoms with Gasteiger partial charge >= 0.3 is 6.61 Å². The Kier molecular flexibility index (Phi) is 7.01. The second-order valence-corrected chi connectivity index (χ2v) is 7.69. The number of aromatic nitrogens is 2. The predicted molar refractivity (Wildman–Crippen MR) is 113 cm³/mol. The van der Waals surface area contributed by atoms with Crippen molar-refractivity contribution >= 4 is 34.5 Å². The van der Waals surface area contributed by atoms with Crippen LogP contribution in [0.5, 0.6) is 5.75 Å². The van der Waals surface area contributed by atoms with Crippen molar-refractivity contribution in [1.82, 2.24) is 14.9 Å². The summed E-state index contributed by atoms with van der Waals surface area (Å²) >= 11 is 1.04. The molecule has 0 bridgehead atoms. The van der Waals surface area contributed by atoms with E-state index in [9.17, 15) is 23.2 Å². The van der Waals surface area contributed by atoms with Crippen molar-refractivity contribution in [3.8, 4) is 5.75 Å². The number of imide groups is 1. The number of carbonyl (C=O) groups excluding carboxylic acids is 2. The lowest BCUT2D eigenvalue weighted by atomic mass is 10.2. The molecule has 0 aliphatic carbocycles. The molecule has 0 aliphatic rings. The van der Waals surface area contributed by atoms with E-state index in [2.05, 4.69) is 15.0 Å². The molecule has 0 unspecified atom stereocenters. The first-order valence-corrected chi connectivity index (χ1v) is 10.3. The third-order valence-corrected chi connectivity index (χ3v) is 5.17. The van der Waals surface area contributed by atoms with Gasteiger partial charge in [0.05, 0.1) is 16.7 Å². The van der Waals surface area contributed by atoms with Crippen LogP contribution in [0.3, 0.4) is 0 Å². The first-order valence-electron chi connectivity index (χ1n) is 9.29. The molecule has 7 nitrogen and oxygen atoms in total. The van der Waals surface area contributed by atoms with E-state index in [1.807, 2.05) is 13.8 Å². The molecule has 162 valence electrons. The molecule has 31 heavy (non-hydrogen) atoms. The molecule has 2 aromatic carbocycles. The number of nitrogens with one attached hydrogen (secondary N) is 1. The zero-order valence-corrected chi connectivity index (χ0v) is 17.5. The van der Waals surface area contributed by atoms with Crippen LogP contribution in [0.15, 0.2) is 58.5 Å². The van der Waals surface area contributed by atoms with Gasteiger partial charge in [0, 0.05) is 11.6 Å². The molecule has 0 saturated carbocycles. The highest BCUT2D eigenvalue weighted by Gasteiger charge is 2.17. The maximum absolute atomic E-state index is 12.8. The number of hydrogen-bond acceptors (Lipinski definition) is 6. The molecule has 0 fully saturated rings. The molecule has 3 aromatic rings. The summed E-state index contributed by atoms with van der Waals surface area (Å²) in [6.07, 6.45) is 0. The van der Waals surface area contributed by atoms with E-state index in [4.69, 9.17) is 0 Å². The molecule has 0 radical (unpaired) electrons. The number of thioether (sulfide) groups is 1. The molecule has 1 heterocycles. The van der Waals surface area contributed by atoms with E-state index < -0.39 is 18.4 Å². The van der Waals surface area contributed by atoms with Crippen molar-refractivity contribution in [2.75, 3.05) is 5.75 Å². The van der Waals surface area contributed by atoms with Crippen LogP contribution in [-0.2, 0) is 4.79 Å². The van der Waals surface area contributed by atoms with Crippen LogP contribution in [0.4, 0.5) is 8.78 Å². The Morgan fingerprint density at radius 3 is 2.45 bits per heavy atom. The van der Waals surface area contributed by atoms with Crippen LogP contribution in [0, 0.1) is 0 Å². The highest BCUT2D eigenvalue weighted by atomic mass is 32.2. The quantitative estimate of drug-likeness (QED) is 0.440. The SMILES string of the molecule is CC(C)n1c(SCC(=O)NC(=O)c2ccc(OC(F)F)cc2)nc2ccccc2c1=O. The number of ether oxygens (including phenoxy) is 1. The molecule has 10 heteroatoms. The van der Waals surface area contributed by atoms with Gasteiger partial charge in [0.25, 0.3) is 11.5 Å². The fraction of sp³-hybridized carbons (Fsp3) is 0.238. The van der Waals surface area contributed by atoms with Crippen molar-refractivity contribution in [2.45, 2.75) is 31.7 Å². The minimum atomic E-state index is -2.97. The lowest BCUT2D eigenvalue weighted by Crippen LogP contribution is -2.32. The highest BCUT2D eigenvalue weighted by Crippen LogP contribution is 2.21. The normalized spacial score (nSPS) is 11.2. The Morgan fingerprint density at radius 2 is 1.81 bits per heavy atom. The van der Waals surface area contributed by atoms with Gasteiger partial charge in [-0.1, -0.05) is 23.9 Å². The molecule has 2 amide bonds. The molecule has 0 aliphatic heterocycles. The number of halogens is 2. The minimum absolute atomic E-state index is 0.0949. The molecule has 0 atom stereocenters. The fourth-order valence-electron chi connectivity index (χ4n) is 2.84.